The zero-order valence-electron chi connectivity index (χ0n) is 14.4. The van der Waals surface area contributed by atoms with E-state index in [0.29, 0.717) is 11.4 Å². The number of hydrogen-bond acceptors (Lipinski definition) is 5. The third-order valence-corrected chi connectivity index (χ3v) is 3.82. The molecular formula is C17H19N5O4. The number of amides is 3. The third-order valence-electron chi connectivity index (χ3n) is 3.82. The maximum atomic E-state index is 12.0. The van der Waals surface area contributed by atoms with Crippen LogP contribution in [0.15, 0.2) is 30.3 Å². The standard InChI is InChI=1S/C17H19N5O4/c1-10-7-11(2)22(21-10)9-16(24)20-19-15(23)8-14-17(25)18-12-5-3-4-6-13(12)26-14/h3-7,14H,8-9H2,1-2H3,(H,18,25)(H,19,23)(H,20,24)/t14-/m0/s1. The van der Waals surface area contributed by atoms with Gasteiger partial charge < -0.3 is 10.1 Å². The third kappa shape index (κ3) is 4.00. The van der Waals surface area contributed by atoms with Gasteiger partial charge in [-0.25, -0.2) is 0 Å². The van der Waals surface area contributed by atoms with Gasteiger partial charge in [-0.3, -0.25) is 29.9 Å². The second-order valence-corrected chi connectivity index (χ2v) is 5.98. The number of nitrogens with one attached hydrogen (secondary N) is 3. The molecule has 9 heteroatoms. The van der Waals surface area contributed by atoms with Crippen molar-refractivity contribution in [2.75, 3.05) is 5.32 Å². The molecule has 1 atom stereocenters. The summed E-state index contributed by atoms with van der Waals surface area (Å²) in [5, 5.41) is 6.85. The number of aryl methyl sites for hydroxylation is 2. The van der Waals surface area contributed by atoms with E-state index in [-0.39, 0.29) is 13.0 Å². The maximum absolute atomic E-state index is 12.0. The molecule has 0 unspecified atom stereocenters. The molecule has 0 spiro atoms. The van der Waals surface area contributed by atoms with Crippen LogP contribution in [-0.4, -0.2) is 33.6 Å². The molecule has 0 fully saturated rings. The number of carbonyl (C=O) groups excluding carboxylic acids is 3. The predicted octanol–water partition coefficient (Wildman–Crippen LogP) is 0.437. The van der Waals surface area contributed by atoms with Crippen LogP contribution in [0.1, 0.15) is 17.8 Å². The molecular weight excluding hydrogens is 338 g/mol. The fourth-order valence-corrected chi connectivity index (χ4v) is 2.60. The molecule has 1 aliphatic heterocycles. The number of anilines is 1. The van der Waals surface area contributed by atoms with E-state index in [1.165, 1.54) is 4.68 Å². The Hall–Kier alpha value is -3.36. The fraction of sp³-hybridized carbons (Fsp3) is 0.294. The van der Waals surface area contributed by atoms with Crippen LogP contribution in [0.5, 0.6) is 5.75 Å². The van der Waals surface area contributed by atoms with Gasteiger partial charge in [-0.05, 0) is 32.0 Å². The smallest absolute Gasteiger partial charge is 0.266 e. The average molecular weight is 357 g/mol. The first-order valence-corrected chi connectivity index (χ1v) is 8.07. The first kappa shape index (κ1) is 17.5. The number of para-hydroxylation sites is 2. The lowest BCUT2D eigenvalue weighted by Crippen LogP contribution is -2.47. The second kappa shape index (κ2) is 7.26. The van der Waals surface area contributed by atoms with Gasteiger partial charge in [0, 0.05) is 5.69 Å². The average Bonchev–Trinajstić information content (AvgIpc) is 2.91. The summed E-state index contributed by atoms with van der Waals surface area (Å²) in [5.74, 6) is -0.874. The van der Waals surface area contributed by atoms with Crippen molar-refractivity contribution in [3.63, 3.8) is 0 Å². The summed E-state index contributed by atoms with van der Waals surface area (Å²) in [6.07, 6.45) is -1.18. The number of hydrogen-bond donors (Lipinski definition) is 3. The first-order chi connectivity index (χ1) is 12.4. The van der Waals surface area contributed by atoms with Gasteiger partial charge in [0.05, 0.1) is 17.8 Å². The van der Waals surface area contributed by atoms with E-state index in [2.05, 4.69) is 21.3 Å². The van der Waals surface area contributed by atoms with Crippen LogP contribution in [0.25, 0.3) is 0 Å². The van der Waals surface area contributed by atoms with Crippen molar-refractivity contribution in [3.05, 3.63) is 41.7 Å². The van der Waals surface area contributed by atoms with E-state index in [9.17, 15) is 14.4 Å². The van der Waals surface area contributed by atoms with E-state index in [1.807, 2.05) is 19.9 Å². The van der Waals surface area contributed by atoms with Crippen molar-refractivity contribution in [2.24, 2.45) is 0 Å². The Labute approximate surface area is 149 Å². The maximum Gasteiger partial charge on any atom is 0.266 e. The molecule has 0 saturated carbocycles. The molecule has 3 rings (SSSR count). The molecule has 9 nitrogen and oxygen atoms in total. The number of carbonyl (C=O) groups is 3. The molecule has 1 aromatic heterocycles. The van der Waals surface area contributed by atoms with E-state index in [1.54, 1.807) is 24.3 Å². The lowest BCUT2D eigenvalue weighted by molar-refractivity contribution is -0.133. The molecule has 1 aromatic carbocycles. The number of aromatic nitrogens is 2. The summed E-state index contributed by atoms with van der Waals surface area (Å²) in [6.45, 7) is 3.65. The fourth-order valence-electron chi connectivity index (χ4n) is 2.60. The van der Waals surface area contributed by atoms with Crippen molar-refractivity contribution in [2.45, 2.75) is 32.9 Å². The number of hydrazine groups is 1. The molecule has 0 bridgehead atoms. The summed E-state index contributed by atoms with van der Waals surface area (Å²) in [4.78, 5) is 35.9. The van der Waals surface area contributed by atoms with Crippen LogP contribution in [0.4, 0.5) is 5.69 Å². The highest BCUT2D eigenvalue weighted by Crippen LogP contribution is 2.29. The highest BCUT2D eigenvalue weighted by molar-refractivity contribution is 6.00. The highest BCUT2D eigenvalue weighted by Gasteiger charge is 2.29. The summed E-state index contributed by atoms with van der Waals surface area (Å²) >= 11 is 0. The van der Waals surface area contributed by atoms with E-state index in [4.69, 9.17) is 4.74 Å². The van der Waals surface area contributed by atoms with Gasteiger partial charge in [0.1, 0.15) is 12.3 Å². The Balaban J connectivity index is 1.49. The van der Waals surface area contributed by atoms with Gasteiger partial charge >= 0.3 is 0 Å². The van der Waals surface area contributed by atoms with Gasteiger partial charge in [0.2, 0.25) is 5.91 Å². The molecule has 0 radical (unpaired) electrons. The van der Waals surface area contributed by atoms with Gasteiger partial charge in [0.15, 0.2) is 6.10 Å². The first-order valence-electron chi connectivity index (χ1n) is 8.07. The van der Waals surface area contributed by atoms with Crippen LogP contribution < -0.4 is 20.9 Å². The van der Waals surface area contributed by atoms with Crippen molar-refractivity contribution < 1.29 is 19.1 Å². The molecule has 0 saturated heterocycles. The Kier molecular flexibility index (Phi) is 4.87. The van der Waals surface area contributed by atoms with Crippen molar-refractivity contribution in [1.29, 1.82) is 0 Å². The van der Waals surface area contributed by atoms with Gasteiger partial charge in [-0.1, -0.05) is 12.1 Å². The summed E-state index contributed by atoms with van der Waals surface area (Å²) in [7, 11) is 0. The van der Waals surface area contributed by atoms with Crippen molar-refractivity contribution in [3.8, 4) is 5.75 Å². The lowest BCUT2D eigenvalue weighted by atomic mass is 10.1. The quantitative estimate of drug-likeness (QED) is 0.687. The predicted molar refractivity (Wildman–Crippen MR) is 92.1 cm³/mol. The van der Waals surface area contributed by atoms with Crippen LogP contribution in [-0.2, 0) is 20.9 Å². The topological polar surface area (TPSA) is 114 Å². The molecule has 3 amide bonds. The second-order valence-electron chi connectivity index (χ2n) is 5.98. The SMILES string of the molecule is Cc1cc(C)n(CC(=O)NNC(=O)C[C@@H]2Oc3ccccc3NC2=O)n1. The number of benzene rings is 1. The van der Waals surface area contributed by atoms with Crippen LogP contribution in [0.2, 0.25) is 0 Å². The summed E-state index contributed by atoms with van der Waals surface area (Å²) < 4.78 is 7.07. The minimum atomic E-state index is -0.960. The Morgan fingerprint density at radius 3 is 2.69 bits per heavy atom. The zero-order valence-corrected chi connectivity index (χ0v) is 14.4. The molecule has 2 heterocycles. The highest BCUT2D eigenvalue weighted by atomic mass is 16.5. The van der Waals surface area contributed by atoms with Gasteiger partial charge in [0.25, 0.3) is 11.8 Å². The number of nitrogens with zero attached hydrogens (tertiary/aromatic N) is 2. The van der Waals surface area contributed by atoms with Crippen molar-refractivity contribution >= 4 is 23.4 Å². The van der Waals surface area contributed by atoms with Gasteiger partial charge in [-0.2, -0.15) is 5.10 Å². The Morgan fingerprint density at radius 2 is 1.96 bits per heavy atom. The number of rotatable bonds is 4. The lowest BCUT2D eigenvalue weighted by Gasteiger charge is -2.25. The minimum absolute atomic E-state index is 0.0201. The molecule has 2 aromatic rings. The largest absolute Gasteiger partial charge is 0.478 e. The molecule has 0 aliphatic carbocycles. The van der Waals surface area contributed by atoms with Crippen LogP contribution >= 0.6 is 0 Å². The molecule has 136 valence electrons. The summed E-state index contributed by atoms with van der Waals surface area (Å²) in [5.41, 5.74) is 6.80. The van der Waals surface area contributed by atoms with Crippen molar-refractivity contribution in [1.82, 2.24) is 20.6 Å². The Morgan fingerprint density at radius 1 is 1.23 bits per heavy atom. The van der Waals surface area contributed by atoms with E-state index in [0.717, 1.165) is 11.4 Å². The van der Waals surface area contributed by atoms with Gasteiger partial charge in [-0.15, -0.1) is 0 Å². The van der Waals surface area contributed by atoms with Crippen LogP contribution in [0, 0.1) is 13.8 Å². The normalized spacial score (nSPS) is 15.5. The zero-order chi connectivity index (χ0) is 18.7. The summed E-state index contributed by atoms with van der Waals surface area (Å²) in [6, 6.07) is 8.81. The van der Waals surface area contributed by atoms with Crippen LogP contribution in [0.3, 0.4) is 0 Å². The minimum Gasteiger partial charge on any atom is -0.478 e. The Bertz CT molecular complexity index is 861. The van der Waals surface area contributed by atoms with E-state index >= 15 is 0 Å². The molecule has 26 heavy (non-hydrogen) atoms. The number of fused-ring (bicyclic) bond motifs is 1. The monoisotopic (exact) mass is 357 g/mol. The number of ether oxygens (including phenoxy) is 1. The molecule has 1 aliphatic rings. The molecule has 3 N–H and O–H groups in total. The van der Waals surface area contributed by atoms with E-state index < -0.39 is 23.8 Å².